The van der Waals surface area contributed by atoms with E-state index in [4.69, 9.17) is 31.8 Å². The molecule has 0 aliphatic carbocycles. The van der Waals surface area contributed by atoms with Crippen LogP contribution in [0.1, 0.15) is 41.1 Å². The molecular weight excluding hydrogens is 593 g/mol. The van der Waals surface area contributed by atoms with Crippen molar-refractivity contribution in [1.82, 2.24) is 0 Å². The van der Waals surface area contributed by atoms with Crippen LogP contribution in [0, 0.1) is 0 Å². The topological polar surface area (TPSA) is 13.1 Å². The molecule has 9 aromatic carbocycles. The number of hydrogen-bond donors (Lipinski definition) is 0. The average Bonchev–Trinajstić information content (AvgIpc) is 3.22. The Balaban J connectivity index is 1.64. The molecular formula is C48H30O. The minimum Gasteiger partial charge on any atom is -0.455 e. The van der Waals surface area contributed by atoms with Crippen molar-refractivity contribution < 1.29 is 45.5 Å². The van der Waals surface area contributed by atoms with Gasteiger partial charge in [-0.1, -0.05) is 163 Å². The molecule has 0 saturated heterocycles. The monoisotopic (exact) mass is 652 g/mol. The second-order valence-electron chi connectivity index (χ2n) is 10.5. The molecule has 1 heteroatoms. The van der Waals surface area contributed by atoms with E-state index in [2.05, 4.69) is 0 Å². The molecule has 0 aliphatic rings. The summed E-state index contributed by atoms with van der Waals surface area (Å²) in [5.41, 5.74) is -6.71. The minimum atomic E-state index is -1.10. The van der Waals surface area contributed by atoms with Gasteiger partial charge in [-0.3, -0.25) is 0 Å². The molecule has 49 heavy (non-hydrogen) atoms. The van der Waals surface area contributed by atoms with Crippen molar-refractivity contribution in [2.75, 3.05) is 0 Å². The lowest BCUT2D eigenvalue weighted by molar-refractivity contribution is 0.633. The molecule has 1 nitrogen and oxygen atoms in total. The Morgan fingerprint density at radius 3 is 1.49 bits per heavy atom. The van der Waals surface area contributed by atoms with Crippen LogP contribution < -0.4 is 0 Å². The van der Waals surface area contributed by atoms with Gasteiger partial charge in [-0.25, -0.2) is 0 Å². The second-order valence-corrected chi connectivity index (χ2v) is 10.5. The van der Waals surface area contributed by atoms with Gasteiger partial charge >= 0.3 is 0 Å². The molecule has 0 bridgehead atoms. The normalized spacial score (nSPS) is 20.2. The fourth-order valence-electron chi connectivity index (χ4n) is 5.96. The third-order valence-corrected chi connectivity index (χ3v) is 7.94. The Hall–Kier alpha value is -6.44. The van der Waals surface area contributed by atoms with Crippen LogP contribution in [0.15, 0.2) is 186 Å². The van der Waals surface area contributed by atoms with E-state index in [1.54, 1.807) is 0 Å². The maximum absolute atomic E-state index is 9.96. The van der Waals surface area contributed by atoms with E-state index >= 15 is 0 Å². The summed E-state index contributed by atoms with van der Waals surface area (Å²) < 4.78 is 278. The number of fused-ring (bicyclic) bond motifs is 6. The molecule has 0 atom stereocenters. The Morgan fingerprint density at radius 2 is 0.837 bits per heavy atom. The van der Waals surface area contributed by atoms with Crippen LogP contribution in [0.3, 0.4) is 0 Å². The molecule has 1 aromatic heterocycles. The van der Waals surface area contributed by atoms with Crippen LogP contribution in [0.4, 0.5) is 0 Å². The Labute approximate surface area is 326 Å². The third-order valence-electron chi connectivity index (χ3n) is 7.94. The maximum atomic E-state index is 9.96. The molecule has 0 saturated carbocycles. The molecule has 0 radical (unpaired) electrons. The quantitative estimate of drug-likeness (QED) is 0.136. The van der Waals surface area contributed by atoms with Crippen LogP contribution in [0.2, 0.25) is 0 Å². The molecule has 0 N–H and O–H groups in total. The molecule has 0 spiro atoms. The molecule has 0 unspecified atom stereocenters. The summed E-state index contributed by atoms with van der Waals surface area (Å²) in [4.78, 5) is 0. The zero-order chi connectivity index (χ0) is 58.4. The first-order valence-corrected chi connectivity index (χ1v) is 14.4. The Kier molecular flexibility index (Phi) is 2.50. The lowest BCUT2D eigenvalue weighted by Gasteiger charge is -2.18. The Morgan fingerprint density at radius 1 is 0.327 bits per heavy atom. The summed E-state index contributed by atoms with van der Waals surface area (Å²) >= 11 is 0. The molecule has 10 aromatic rings. The molecule has 0 amide bonds. The highest BCUT2D eigenvalue weighted by molar-refractivity contribution is 6.26. The van der Waals surface area contributed by atoms with Crippen molar-refractivity contribution in [3.8, 4) is 44.7 Å². The summed E-state index contributed by atoms with van der Waals surface area (Å²) in [6.45, 7) is 0. The summed E-state index contributed by atoms with van der Waals surface area (Å²) in [5.74, 6) is -0.984. The number of furan rings is 1. The van der Waals surface area contributed by atoms with Gasteiger partial charge in [0.1, 0.15) is 11.3 Å². The second kappa shape index (κ2) is 11.1. The van der Waals surface area contributed by atoms with Crippen molar-refractivity contribution >= 4 is 54.1 Å². The van der Waals surface area contributed by atoms with Gasteiger partial charge in [-0.2, -0.15) is 0 Å². The predicted molar refractivity (Wildman–Crippen MR) is 208 cm³/mol. The van der Waals surface area contributed by atoms with Gasteiger partial charge in [-0.05, 0) is 83.5 Å². The highest BCUT2D eigenvalue weighted by Crippen LogP contribution is 2.51. The van der Waals surface area contributed by atoms with E-state index in [0.717, 1.165) is 0 Å². The molecule has 0 fully saturated rings. The van der Waals surface area contributed by atoms with Crippen molar-refractivity contribution in [2.45, 2.75) is 0 Å². The fraction of sp³-hybridized carbons (Fsp3) is 0. The third kappa shape index (κ3) is 4.33. The van der Waals surface area contributed by atoms with Gasteiger partial charge < -0.3 is 4.42 Å². The first-order chi connectivity index (χ1) is 36.8. The van der Waals surface area contributed by atoms with Gasteiger partial charge in [0.05, 0.1) is 41.1 Å². The van der Waals surface area contributed by atoms with Crippen LogP contribution in [0.25, 0.3) is 98.8 Å². The largest absolute Gasteiger partial charge is 0.455 e. The summed E-state index contributed by atoms with van der Waals surface area (Å²) in [6.07, 6.45) is 0. The van der Waals surface area contributed by atoms with Crippen LogP contribution in [-0.2, 0) is 0 Å². The maximum Gasteiger partial charge on any atom is 0.143 e. The van der Waals surface area contributed by atoms with E-state index in [0.29, 0.717) is 0 Å². The smallest absolute Gasteiger partial charge is 0.143 e. The van der Waals surface area contributed by atoms with Gasteiger partial charge in [0.15, 0.2) is 0 Å². The summed E-state index contributed by atoms with van der Waals surface area (Å²) in [7, 11) is 0. The van der Waals surface area contributed by atoms with Crippen molar-refractivity contribution in [2.24, 2.45) is 0 Å². The van der Waals surface area contributed by atoms with Crippen LogP contribution in [-0.4, -0.2) is 0 Å². The SMILES string of the molecule is [2H]c1c([2H])c([2H])c(-c2c([2H])c([2H])c3c(-c4c5c([2H])c([2H])c([2H])c([2H])c5c(-c5c([2H])c([2H])c([2H])c([2H])c5[2H])c5c([2H])c([2H])c([2H])c([2H])c45)c(-c4c([2H])c5c([2H])c([2H])c([2H])c([2H])c5c5c([2H])c([2H])c([2H])c([2H])c45)oc3c2[2H])c([2H])c1[2H]. The number of rotatable bonds is 4. The highest BCUT2D eigenvalue weighted by Gasteiger charge is 2.25. The van der Waals surface area contributed by atoms with E-state index in [9.17, 15) is 13.7 Å². The van der Waals surface area contributed by atoms with Crippen molar-refractivity contribution in [3.63, 3.8) is 0 Å². The van der Waals surface area contributed by atoms with E-state index in [-0.39, 0.29) is 0 Å². The average molecular weight is 653 g/mol. The van der Waals surface area contributed by atoms with Gasteiger partial charge in [0, 0.05) is 22.1 Å². The van der Waals surface area contributed by atoms with Gasteiger partial charge in [0.25, 0.3) is 0 Å². The lowest BCUT2D eigenvalue weighted by atomic mass is 9.84. The standard InChI is InChI=1S/C48H30O/c1-3-15-31(16-4-1)33-27-28-42-44(30-33)49-48(43-29-34-19-7-8-20-35(34)36-21-9-10-22-37(36)43)47(42)46-40-25-13-11-23-38(40)45(32-17-5-2-6-18-32)39-24-12-14-26-41(39)46/h1-30H/i1D,2D,3D,4D,5D,6D,7D,8D,9D,10D,11D,12D,13D,14D,15D,16D,17D,18D,19D,20D,21D,22D,23D,24D,25D,26D,27D,28D,29D,30D. The lowest BCUT2D eigenvalue weighted by Crippen LogP contribution is -1.92. The van der Waals surface area contributed by atoms with Crippen molar-refractivity contribution in [1.29, 1.82) is 0 Å². The van der Waals surface area contributed by atoms with Crippen LogP contribution >= 0.6 is 0 Å². The Bertz CT molecular complexity index is 4460. The van der Waals surface area contributed by atoms with Crippen LogP contribution in [0.5, 0.6) is 0 Å². The predicted octanol–water partition coefficient (Wildman–Crippen LogP) is 13.7. The van der Waals surface area contributed by atoms with E-state index in [1.165, 1.54) is 0 Å². The molecule has 10 rings (SSSR count). The molecule has 228 valence electrons. The van der Waals surface area contributed by atoms with Gasteiger partial charge in [0.2, 0.25) is 0 Å². The summed E-state index contributed by atoms with van der Waals surface area (Å²) in [6, 6.07) is -30.0. The minimum absolute atomic E-state index is 0.610. The first-order valence-electron chi connectivity index (χ1n) is 29.4. The number of benzene rings is 9. The zero-order valence-corrected chi connectivity index (χ0v) is 24.4. The van der Waals surface area contributed by atoms with Crippen molar-refractivity contribution in [3.05, 3.63) is 181 Å². The zero-order valence-electron chi connectivity index (χ0n) is 54.4. The first kappa shape index (κ1) is 11.1. The highest BCUT2D eigenvalue weighted by atomic mass is 16.3. The van der Waals surface area contributed by atoms with Gasteiger partial charge in [-0.15, -0.1) is 0 Å². The molecule has 1 heterocycles. The van der Waals surface area contributed by atoms with E-state index < -0.39 is 280 Å². The molecule has 0 aliphatic heterocycles. The fourth-order valence-corrected chi connectivity index (χ4v) is 5.96. The number of hydrogen-bond acceptors (Lipinski definition) is 1. The van der Waals surface area contributed by atoms with E-state index in [1.807, 2.05) is 0 Å². The summed E-state index contributed by atoms with van der Waals surface area (Å²) in [5, 5.41) is -6.84.